The Kier molecular flexibility index (Phi) is 6.23. The molecule has 4 N–H and O–H groups in total. The summed E-state index contributed by atoms with van der Waals surface area (Å²) >= 11 is 0. The van der Waals surface area contributed by atoms with Crippen LogP contribution in [0.2, 0.25) is 0 Å². The fraction of sp³-hybridized carbons (Fsp3) is 0.500. The van der Waals surface area contributed by atoms with E-state index in [1.165, 1.54) is 6.92 Å². The number of anilines is 3. The Bertz CT molecular complexity index is 988. The van der Waals surface area contributed by atoms with E-state index < -0.39 is 11.7 Å². The number of benzene rings is 1. The van der Waals surface area contributed by atoms with Crippen molar-refractivity contribution in [2.45, 2.75) is 63.8 Å². The molecule has 172 valence electrons. The maximum absolute atomic E-state index is 13.5. The lowest BCUT2D eigenvalue weighted by atomic mass is 9.92. The number of halogens is 3. The van der Waals surface area contributed by atoms with Crippen LogP contribution < -0.4 is 16.4 Å². The average Bonchev–Trinajstić information content (AvgIpc) is 2.74. The van der Waals surface area contributed by atoms with Crippen LogP contribution in [-0.4, -0.2) is 39.4 Å². The fourth-order valence-corrected chi connectivity index (χ4v) is 4.25. The van der Waals surface area contributed by atoms with Crippen molar-refractivity contribution >= 4 is 23.4 Å². The van der Waals surface area contributed by atoms with E-state index in [1.807, 2.05) is 18.2 Å². The van der Waals surface area contributed by atoms with Gasteiger partial charge in [-0.15, -0.1) is 0 Å². The summed E-state index contributed by atoms with van der Waals surface area (Å²) in [5.41, 5.74) is 7.83. The molecule has 7 nitrogen and oxygen atoms in total. The summed E-state index contributed by atoms with van der Waals surface area (Å²) in [4.78, 5) is 21.5. The van der Waals surface area contributed by atoms with Gasteiger partial charge in [-0.1, -0.05) is 6.07 Å². The lowest BCUT2D eigenvalue weighted by Gasteiger charge is -2.28. The van der Waals surface area contributed by atoms with E-state index in [-0.39, 0.29) is 29.8 Å². The van der Waals surface area contributed by atoms with Crippen LogP contribution >= 0.6 is 0 Å². The molecule has 1 aromatic carbocycles. The number of carbonyl (C=O) groups is 1. The molecule has 0 atom stereocenters. The zero-order chi connectivity index (χ0) is 22.9. The summed E-state index contributed by atoms with van der Waals surface area (Å²) in [6.45, 7) is 2.72. The summed E-state index contributed by atoms with van der Waals surface area (Å²) in [6, 6.07) is 5.68. The van der Waals surface area contributed by atoms with Crippen LogP contribution in [-0.2, 0) is 23.9 Å². The Hall–Kier alpha value is -2.88. The second-order valence-electron chi connectivity index (χ2n) is 8.51. The van der Waals surface area contributed by atoms with Crippen molar-refractivity contribution in [1.82, 2.24) is 14.9 Å². The summed E-state index contributed by atoms with van der Waals surface area (Å²) in [6.07, 6.45) is -0.0598. The first kappa shape index (κ1) is 22.3. The molecule has 0 spiro atoms. The van der Waals surface area contributed by atoms with E-state index in [9.17, 15) is 18.0 Å². The normalized spacial score (nSPS) is 21.1. The van der Waals surface area contributed by atoms with Gasteiger partial charge in [0, 0.05) is 44.0 Å². The van der Waals surface area contributed by atoms with Crippen molar-refractivity contribution in [3.8, 4) is 0 Å². The van der Waals surface area contributed by atoms with Crippen LogP contribution in [0.15, 0.2) is 24.4 Å². The molecule has 10 heteroatoms. The van der Waals surface area contributed by atoms with Crippen molar-refractivity contribution in [2.24, 2.45) is 5.73 Å². The van der Waals surface area contributed by atoms with Crippen LogP contribution in [0.1, 0.15) is 49.3 Å². The molecule has 2 aromatic rings. The molecule has 1 fully saturated rings. The van der Waals surface area contributed by atoms with Crippen molar-refractivity contribution in [2.75, 3.05) is 17.2 Å². The van der Waals surface area contributed by atoms with Crippen molar-refractivity contribution < 1.29 is 18.0 Å². The molecule has 0 radical (unpaired) electrons. The van der Waals surface area contributed by atoms with E-state index in [0.29, 0.717) is 31.6 Å². The van der Waals surface area contributed by atoms with Gasteiger partial charge in [-0.2, -0.15) is 18.2 Å². The third kappa shape index (κ3) is 5.12. The quantitative estimate of drug-likeness (QED) is 0.658. The summed E-state index contributed by atoms with van der Waals surface area (Å²) in [5, 5.41) is 5.97. The zero-order valence-electron chi connectivity index (χ0n) is 17.9. The van der Waals surface area contributed by atoms with Gasteiger partial charge in [0.2, 0.25) is 11.9 Å². The minimum absolute atomic E-state index is 0.0134. The summed E-state index contributed by atoms with van der Waals surface area (Å²) in [7, 11) is 0. The first-order valence-corrected chi connectivity index (χ1v) is 10.8. The maximum atomic E-state index is 13.5. The van der Waals surface area contributed by atoms with Crippen molar-refractivity contribution in [3.05, 3.63) is 41.1 Å². The van der Waals surface area contributed by atoms with Gasteiger partial charge < -0.3 is 21.3 Å². The molecule has 2 aliphatic rings. The second kappa shape index (κ2) is 8.93. The summed E-state index contributed by atoms with van der Waals surface area (Å²) < 4.78 is 40.6. The third-order valence-electron chi connectivity index (χ3n) is 6.13. The lowest BCUT2D eigenvalue weighted by molar-refractivity contribution is -0.137. The Morgan fingerprint density at radius 2 is 1.94 bits per heavy atom. The number of alkyl halides is 3. The van der Waals surface area contributed by atoms with Gasteiger partial charge in [-0.25, -0.2) is 4.98 Å². The highest BCUT2D eigenvalue weighted by atomic mass is 19.4. The van der Waals surface area contributed by atoms with E-state index >= 15 is 0 Å². The molecule has 32 heavy (non-hydrogen) atoms. The molecule has 0 saturated heterocycles. The molecule has 2 heterocycles. The van der Waals surface area contributed by atoms with E-state index in [0.717, 1.165) is 36.6 Å². The Morgan fingerprint density at radius 1 is 1.19 bits per heavy atom. The molecule has 0 bridgehead atoms. The number of carbonyl (C=O) groups excluding carboxylic acids is 1. The fourth-order valence-electron chi connectivity index (χ4n) is 4.25. The Labute approximate surface area is 184 Å². The van der Waals surface area contributed by atoms with Crippen LogP contribution in [0.5, 0.6) is 0 Å². The number of aromatic nitrogens is 2. The molecule has 0 unspecified atom stereocenters. The van der Waals surface area contributed by atoms with E-state index in [2.05, 4.69) is 20.6 Å². The van der Waals surface area contributed by atoms with E-state index in [4.69, 9.17) is 5.73 Å². The largest absolute Gasteiger partial charge is 0.421 e. The molecular formula is C22H27F3N6O. The highest BCUT2D eigenvalue weighted by Crippen LogP contribution is 2.35. The standard InChI is InChI=1S/C22H27F3N6O/c1-13(32)31-9-8-14-2-5-18(10-15(14)12-31)29-21-27-11-19(22(23,24)25)20(30-21)28-17-6-3-16(26)4-7-17/h2,5,10-11,16-17H,3-4,6-9,12,26H2,1H3,(H2,27,28,29,30). The van der Waals surface area contributed by atoms with Crippen molar-refractivity contribution in [1.29, 1.82) is 0 Å². The number of amides is 1. The SMILES string of the molecule is CC(=O)N1CCc2ccc(Nc3ncc(C(F)(F)F)c(NC4CCC(N)CC4)n3)cc2C1. The van der Waals surface area contributed by atoms with Gasteiger partial charge in [-0.05, 0) is 55.4 Å². The first-order valence-electron chi connectivity index (χ1n) is 10.8. The van der Waals surface area contributed by atoms with Crippen LogP contribution in [0.4, 0.5) is 30.6 Å². The Balaban J connectivity index is 1.55. The van der Waals surface area contributed by atoms with Gasteiger partial charge in [0.05, 0.1) is 0 Å². The van der Waals surface area contributed by atoms with Gasteiger partial charge in [0.15, 0.2) is 0 Å². The average molecular weight is 448 g/mol. The number of hydrogen-bond acceptors (Lipinski definition) is 6. The minimum atomic E-state index is -4.56. The third-order valence-corrected chi connectivity index (χ3v) is 6.13. The van der Waals surface area contributed by atoms with Crippen LogP contribution in [0.25, 0.3) is 0 Å². The maximum Gasteiger partial charge on any atom is 0.421 e. The monoisotopic (exact) mass is 448 g/mol. The lowest BCUT2D eigenvalue weighted by Crippen LogP contribution is -2.34. The number of fused-ring (bicyclic) bond motifs is 1. The molecule has 1 amide bonds. The summed E-state index contributed by atoms with van der Waals surface area (Å²) in [5.74, 6) is -0.136. The van der Waals surface area contributed by atoms with E-state index in [1.54, 1.807) is 4.90 Å². The number of hydrogen-bond donors (Lipinski definition) is 3. The van der Waals surface area contributed by atoms with Gasteiger partial charge >= 0.3 is 6.18 Å². The first-order chi connectivity index (χ1) is 15.2. The van der Waals surface area contributed by atoms with Crippen LogP contribution in [0, 0.1) is 0 Å². The minimum Gasteiger partial charge on any atom is -0.367 e. The number of rotatable bonds is 4. The number of nitrogens with zero attached hydrogens (tertiary/aromatic N) is 3. The highest BCUT2D eigenvalue weighted by molar-refractivity contribution is 5.73. The van der Waals surface area contributed by atoms with Gasteiger partial charge in [0.25, 0.3) is 0 Å². The molecule has 1 aliphatic carbocycles. The highest BCUT2D eigenvalue weighted by Gasteiger charge is 2.36. The molecule has 1 saturated carbocycles. The van der Waals surface area contributed by atoms with Crippen molar-refractivity contribution in [3.63, 3.8) is 0 Å². The predicted molar refractivity (Wildman–Crippen MR) is 115 cm³/mol. The van der Waals surface area contributed by atoms with Gasteiger partial charge in [-0.3, -0.25) is 4.79 Å². The molecule has 4 rings (SSSR count). The Morgan fingerprint density at radius 3 is 2.62 bits per heavy atom. The predicted octanol–water partition coefficient (Wildman–Crippen LogP) is 3.83. The smallest absolute Gasteiger partial charge is 0.367 e. The number of nitrogens with one attached hydrogen (secondary N) is 2. The number of nitrogens with two attached hydrogens (primary N) is 1. The van der Waals surface area contributed by atoms with Gasteiger partial charge in [0.1, 0.15) is 11.4 Å². The molecule has 1 aliphatic heterocycles. The zero-order valence-corrected chi connectivity index (χ0v) is 17.9. The second-order valence-corrected chi connectivity index (χ2v) is 8.51. The molecular weight excluding hydrogens is 421 g/mol. The topological polar surface area (TPSA) is 96.2 Å². The van der Waals surface area contributed by atoms with Crippen LogP contribution in [0.3, 0.4) is 0 Å². The molecule has 1 aromatic heterocycles.